The summed E-state index contributed by atoms with van der Waals surface area (Å²) in [6, 6.07) is 19.4. The minimum absolute atomic E-state index is 0.0139. The Balaban J connectivity index is 1.37. The number of carbonyl (C=O) groups is 1. The molecule has 36 heavy (non-hydrogen) atoms. The fraction of sp³-hybridized carbons (Fsp3) is 0.231. The van der Waals surface area contributed by atoms with Crippen molar-refractivity contribution in [1.82, 2.24) is 14.9 Å². The summed E-state index contributed by atoms with van der Waals surface area (Å²) < 4.78 is 11.6. The van der Waals surface area contributed by atoms with Crippen molar-refractivity contribution >= 4 is 16.9 Å². The number of nitrogens with one attached hydrogen (secondary N) is 2. The molecule has 4 aromatic rings. The molecular weight excluding hydrogens is 464 g/mol. The maximum absolute atomic E-state index is 11.6. The third kappa shape index (κ3) is 6.44. The molecule has 6 N–H and O–H groups in total. The van der Waals surface area contributed by atoms with Crippen molar-refractivity contribution in [2.24, 2.45) is 5.73 Å². The van der Waals surface area contributed by atoms with Crippen LogP contribution in [0.15, 0.2) is 71.5 Å². The average Bonchev–Trinajstić information content (AvgIpc) is 3.25. The first-order valence-electron chi connectivity index (χ1n) is 11.4. The van der Waals surface area contributed by atoms with Gasteiger partial charge >= 0.3 is 5.69 Å². The molecule has 10 heteroatoms. The van der Waals surface area contributed by atoms with E-state index in [9.17, 15) is 19.8 Å². The third-order valence-electron chi connectivity index (χ3n) is 5.57. The monoisotopic (exact) mass is 492 g/mol. The minimum atomic E-state index is -0.815. The Kier molecular flexibility index (Phi) is 7.89. The quantitative estimate of drug-likeness (QED) is 0.203. The topological polar surface area (TPSA) is 154 Å². The predicted octanol–water partition coefficient (Wildman–Crippen LogP) is 1.98. The van der Waals surface area contributed by atoms with Gasteiger partial charge in [0.25, 0.3) is 5.91 Å². The van der Waals surface area contributed by atoms with E-state index in [-0.39, 0.29) is 30.2 Å². The molecule has 0 saturated carbocycles. The van der Waals surface area contributed by atoms with E-state index in [1.165, 1.54) is 12.1 Å². The minimum Gasteiger partial charge on any atom is -0.507 e. The Labute approximate surface area is 206 Å². The molecule has 0 aliphatic rings. The second kappa shape index (κ2) is 11.4. The maximum atomic E-state index is 11.6. The predicted molar refractivity (Wildman–Crippen MR) is 134 cm³/mol. The van der Waals surface area contributed by atoms with E-state index in [4.69, 9.17) is 15.2 Å². The molecule has 1 atom stereocenters. The lowest BCUT2D eigenvalue weighted by molar-refractivity contribution is 0.0609. The van der Waals surface area contributed by atoms with Crippen molar-refractivity contribution in [3.63, 3.8) is 0 Å². The van der Waals surface area contributed by atoms with E-state index in [1.54, 1.807) is 24.3 Å². The number of hydrogen-bond acceptors (Lipinski definition) is 7. The molecule has 1 heterocycles. The number of aliphatic hydroxyl groups excluding tert-OH is 1. The van der Waals surface area contributed by atoms with Crippen molar-refractivity contribution in [2.45, 2.75) is 12.6 Å². The summed E-state index contributed by atoms with van der Waals surface area (Å²) in [5.41, 5.74) is 7.19. The number of fused-ring (bicyclic) bond motifs is 1. The Bertz CT molecular complexity index is 1370. The van der Waals surface area contributed by atoms with E-state index in [0.29, 0.717) is 42.2 Å². The van der Waals surface area contributed by atoms with Gasteiger partial charge < -0.3 is 35.4 Å². The van der Waals surface area contributed by atoms with Crippen LogP contribution in [0.3, 0.4) is 0 Å². The number of amides is 1. The Morgan fingerprint density at radius 2 is 1.83 bits per heavy atom. The van der Waals surface area contributed by atoms with Crippen LogP contribution in [0.2, 0.25) is 0 Å². The Hall–Kier alpha value is -4.28. The summed E-state index contributed by atoms with van der Waals surface area (Å²) in [5, 5.41) is 20.5. The number of rotatable bonds is 12. The second-order valence-corrected chi connectivity index (χ2v) is 8.34. The van der Waals surface area contributed by atoms with Crippen molar-refractivity contribution in [2.75, 3.05) is 26.3 Å². The summed E-state index contributed by atoms with van der Waals surface area (Å²) in [5.74, 6) is -0.0755. The van der Waals surface area contributed by atoms with Gasteiger partial charge in [-0.15, -0.1) is 0 Å². The number of hydrogen-bond donors (Lipinski definition) is 5. The highest BCUT2D eigenvalue weighted by Crippen LogP contribution is 2.23. The molecular formula is C26H28N4O6. The highest BCUT2D eigenvalue weighted by atomic mass is 16.5. The lowest BCUT2D eigenvalue weighted by atomic mass is 10.2. The average molecular weight is 493 g/mol. The Morgan fingerprint density at radius 3 is 2.61 bits per heavy atom. The number of benzene rings is 3. The van der Waals surface area contributed by atoms with Gasteiger partial charge in [-0.25, -0.2) is 4.79 Å². The van der Waals surface area contributed by atoms with Crippen LogP contribution in [0.1, 0.15) is 15.9 Å². The Morgan fingerprint density at radius 1 is 1.03 bits per heavy atom. The number of para-hydroxylation sites is 1. The molecule has 0 aliphatic heterocycles. The number of aromatic hydroxyl groups is 1. The fourth-order valence-electron chi connectivity index (χ4n) is 3.86. The second-order valence-electron chi connectivity index (χ2n) is 8.34. The summed E-state index contributed by atoms with van der Waals surface area (Å²) in [4.78, 5) is 30.5. The first-order valence-corrected chi connectivity index (χ1v) is 11.4. The van der Waals surface area contributed by atoms with Crippen molar-refractivity contribution in [1.29, 1.82) is 0 Å². The fourth-order valence-corrected chi connectivity index (χ4v) is 3.86. The van der Waals surface area contributed by atoms with Gasteiger partial charge in [-0.3, -0.25) is 9.69 Å². The van der Waals surface area contributed by atoms with E-state index in [2.05, 4.69) is 9.97 Å². The zero-order valence-electron chi connectivity index (χ0n) is 19.5. The highest BCUT2D eigenvalue weighted by molar-refractivity contribution is 5.95. The van der Waals surface area contributed by atoms with E-state index < -0.39 is 12.0 Å². The number of carbonyl (C=O) groups excluding carboxylic acids is 1. The largest absolute Gasteiger partial charge is 0.507 e. The van der Waals surface area contributed by atoms with Crippen LogP contribution >= 0.6 is 0 Å². The van der Waals surface area contributed by atoms with Crippen LogP contribution in [-0.2, 0) is 6.54 Å². The molecule has 10 nitrogen and oxygen atoms in total. The standard InChI is InChI=1S/C26H28N4O6/c27-25(33)20-13-19(9-10-22(20)32)35-12-11-30(14-17-5-2-1-3-6-17)15-18(31)16-36-23-8-4-7-21-24(23)29-26(34)28-21/h1-10,13,18,31-32H,11-12,14-16H2,(H2,27,33)(H2,28,29,34). The normalized spacial score (nSPS) is 12.1. The van der Waals surface area contributed by atoms with Crippen LogP contribution in [0, 0.1) is 0 Å². The zero-order valence-corrected chi connectivity index (χ0v) is 19.5. The zero-order chi connectivity index (χ0) is 25.5. The number of H-pyrrole nitrogens is 2. The van der Waals surface area contributed by atoms with Crippen LogP contribution in [-0.4, -0.2) is 63.4 Å². The summed E-state index contributed by atoms with van der Waals surface area (Å²) >= 11 is 0. The van der Waals surface area contributed by atoms with Crippen molar-refractivity contribution in [3.05, 3.63) is 88.3 Å². The molecule has 1 aromatic heterocycles. The summed E-state index contributed by atoms with van der Waals surface area (Å²) in [6.45, 7) is 1.65. The number of nitrogens with zero attached hydrogens (tertiary/aromatic N) is 1. The van der Waals surface area contributed by atoms with Gasteiger partial charge in [-0.2, -0.15) is 0 Å². The summed E-state index contributed by atoms with van der Waals surface area (Å²) in [6.07, 6.45) is -0.815. The molecule has 0 radical (unpaired) electrons. The van der Waals surface area contributed by atoms with E-state index in [0.717, 1.165) is 5.56 Å². The number of aromatic nitrogens is 2. The van der Waals surface area contributed by atoms with Gasteiger partial charge in [0.05, 0.1) is 11.1 Å². The van der Waals surface area contributed by atoms with Gasteiger partial charge in [0.1, 0.15) is 42.1 Å². The molecule has 0 fully saturated rings. The molecule has 4 rings (SSSR count). The summed E-state index contributed by atoms with van der Waals surface area (Å²) in [7, 11) is 0. The first kappa shape index (κ1) is 24.8. The molecule has 1 amide bonds. The molecule has 0 aliphatic carbocycles. The number of nitrogens with two attached hydrogens (primary N) is 1. The van der Waals surface area contributed by atoms with Gasteiger partial charge in [0.15, 0.2) is 0 Å². The maximum Gasteiger partial charge on any atom is 0.323 e. The van der Waals surface area contributed by atoms with E-state index in [1.807, 2.05) is 35.2 Å². The highest BCUT2D eigenvalue weighted by Gasteiger charge is 2.15. The van der Waals surface area contributed by atoms with Crippen molar-refractivity contribution in [3.8, 4) is 17.2 Å². The van der Waals surface area contributed by atoms with Gasteiger partial charge in [0, 0.05) is 19.6 Å². The molecule has 188 valence electrons. The number of primary amides is 1. The molecule has 0 bridgehead atoms. The van der Waals surface area contributed by atoms with Crippen LogP contribution < -0.4 is 20.9 Å². The number of ether oxygens (including phenoxy) is 2. The molecule has 0 spiro atoms. The lowest BCUT2D eigenvalue weighted by Crippen LogP contribution is -2.37. The number of aromatic amines is 2. The number of phenols is 1. The third-order valence-corrected chi connectivity index (χ3v) is 5.57. The van der Waals surface area contributed by atoms with Crippen LogP contribution in [0.4, 0.5) is 0 Å². The first-order chi connectivity index (χ1) is 17.4. The lowest BCUT2D eigenvalue weighted by Gasteiger charge is -2.25. The van der Waals surface area contributed by atoms with Crippen LogP contribution in [0.25, 0.3) is 11.0 Å². The van der Waals surface area contributed by atoms with Gasteiger partial charge in [-0.1, -0.05) is 36.4 Å². The SMILES string of the molecule is NC(=O)c1cc(OCCN(Cc2ccccc2)CC(O)COc2cccc3[nH]c(=O)[nH]c23)ccc1O. The van der Waals surface area contributed by atoms with Crippen molar-refractivity contribution < 1.29 is 24.5 Å². The smallest absolute Gasteiger partial charge is 0.323 e. The molecule has 3 aromatic carbocycles. The molecule has 0 saturated heterocycles. The number of imidazole rings is 1. The van der Waals surface area contributed by atoms with E-state index >= 15 is 0 Å². The van der Waals surface area contributed by atoms with Gasteiger partial charge in [0.2, 0.25) is 0 Å². The molecule has 1 unspecified atom stereocenters. The van der Waals surface area contributed by atoms with Gasteiger partial charge in [-0.05, 0) is 35.9 Å². The van der Waals surface area contributed by atoms with Crippen LogP contribution in [0.5, 0.6) is 17.2 Å². The number of aliphatic hydroxyl groups is 1.